The summed E-state index contributed by atoms with van der Waals surface area (Å²) in [5, 5.41) is 0. The van der Waals surface area contributed by atoms with E-state index >= 15 is 0 Å². The van der Waals surface area contributed by atoms with Gasteiger partial charge in [0.2, 0.25) is 6.79 Å². The van der Waals surface area contributed by atoms with E-state index in [9.17, 15) is 4.79 Å². The van der Waals surface area contributed by atoms with Gasteiger partial charge in [-0.3, -0.25) is 4.79 Å². The number of carbonyl (C=O) groups is 1. The lowest BCUT2D eigenvalue weighted by atomic mass is 9.85. The van der Waals surface area contributed by atoms with E-state index in [2.05, 4.69) is 12.1 Å². The Bertz CT molecular complexity index is 711. The van der Waals surface area contributed by atoms with Gasteiger partial charge in [-0.25, -0.2) is 0 Å². The maximum atomic E-state index is 12.1. The molecule has 0 aromatic heterocycles. The van der Waals surface area contributed by atoms with Crippen LogP contribution in [0.5, 0.6) is 11.5 Å². The second kappa shape index (κ2) is 5.95. The van der Waals surface area contributed by atoms with E-state index in [0.717, 1.165) is 29.9 Å². The van der Waals surface area contributed by atoms with E-state index in [1.54, 1.807) is 0 Å². The summed E-state index contributed by atoms with van der Waals surface area (Å²) in [5.41, 5.74) is 2.32. The number of hydrogen-bond donors (Lipinski definition) is 0. The molecule has 1 fully saturated rings. The molecule has 0 bridgehead atoms. The SMILES string of the molecule is O=C1OCC(Cc2ccc3c(c2)OCO3)[C@H]1Cc1ccccc1. The first-order chi connectivity index (χ1) is 11.3. The number of esters is 1. The van der Waals surface area contributed by atoms with Gasteiger partial charge >= 0.3 is 5.97 Å². The summed E-state index contributed by atoms with van der Waals surface area (Å²) in [7, 11) is 0. The maximum Gasteiger partial charge on any atom is 0.309 e. The van der Waals surface area contributed by atoms with Gasteiger partial charge in [0.1, 0.15) is 0 Å². The van der Waals surface area contributed by atoms with Gasteiger partial charge in [-0.2, -0.15) is 0 Å². The van der Waals surface area contributed by atoms with Crippen molar-refractivity contribution in [3.63, 3.8) is 0 Å². The van der Waals surface area contributed by atoms with Crippen molar-refractivity contribution in [1.82, 2.24) is 0 Å². The van der Waals surface area contributed by atoms with E-state index < -0.39 is 0 Å². The molecular weight excluding hydrogens is 292 g/mol. The third-order valence-electron chi connectivity index (χ3n) is 4.54. The Hall–Kier alpha value is -2.49. The smallest absolute Gasteiger partial charge is 0.309 e. The lowest BCUT2D eigenvalue weighted by Gasteiger charge is -2.15. The van der Waals surface area contributed by atoms with E-state index in [1.807, 2.05) is 36.4 Å². The van der Waals surface area contributed by atoms with Crippen molar-refractivity contribution >= 4 is 5.97 Å². The number of benzene rings is 2. The predicted octanol–water partition coefficient (Wildman–Crippen LogP) is 2.99. The molecule has 2 aliphatic rings. The first-order valence-electron chi connectivity index (χ1n) is 7.89. The van der Waals surface area contributed by atoms with Crippen LogP contribution >= 0.6 is 0 Å². The number of ether oxygens (including phenoxy) is 3. The lowest BCUT2D eigenvalue weighted by Crippen LogP contribution is -2.20. The lowest BCUT2D eigenvalue weighted by molar-refractivity contribution is -0.141. The topological polar surface area (TPSA) is 44.8 Å². The van der Waals surface area contributed by atoms with Crippen molar-refractivity contribution in [3.8, 4) is 11.5 Å². The van der Waals surface area contributed by atoms with Crippen LogP contribution in [0.15, 0.2) is 48.5 Å². The minimum absolute atomic E-state index is 0.0807. The van der Waals surface area contributed by atoms with Gasteiger partial charge < -0.3 is 14.2 Å². The first kappa shape index (κ1) is 14.1. The Kier molecular flexibility index (Phi) is 3.66. The fraction of sp³-hybridized carbons (Fsp3) is 0.316. The minimum Gasteiger partial charge on any atom is -0.465 e. The number of hydrogen-bond acceptors (Lipinski definition) is 4. The largest absolute Gasteiger partial charge is 0.465 e. The van der Waals surface area contributed by atoms with Gasteiger partial charge in [0.15, 0.2) is 11.5 Å². The predicted molar refractivity (Wildman–Crippen MR) is 84.4 cm³/mol. The molecule has 118 valence electrons. The van der Waals surface area contributed by atoms with Crippen molar-refractivity contribution < 1.29 is 19.0 Å². The molecule has 0 N–H and O–H groups in total. The van der Waals surface area contributed by atoms with Crippen molar-refractivity contribution in [3.05, 3.63) is 59.7 Å². The normalized spacial score (nSPS) is 22.2. The zero-order valence-corrected chi connectivity index (χ0v) is 12.7. The highest BCUT2D eigenvalue weighted by Gasteiger charge is 2.36. The highest BCUT2D eigenvalue weighted by molar-refractivity contribution is 5.75. The summed E-state index contributed by atoms with van der Waals surface area (Å²) in [6.07, 6.45) is 1.54. The Balaban J connectivity index is 1.50. The molecule has 0 spiro atoms. The van der Waals surface area contributed by atoms with Crippen molar-refractivity contribution in [2.45, 2.75) is 12.8 Å². The van der Waals surface area contributed by atoms with E-state index in [0.29, 0.717) is 6.61 Å². The second-order valence-electron chi connectivity index (χ2n) is 6.08. The number of fused-ring (bicyclic) bond motifs is 1. The summed E-state index contributed by atoms with van der Waals surface area (Å²) < 4.78 is 16.1. The highest BCUT2D eigenvalue weighted by atomic mass is 16.7. The van der Waals surface area contributed by atoms with Gasteiger partial charge in [0, 0.05) is 5.92 Å². The zero-order valence-electron chi connectivity index (χ0n) is 12.7. The monoisotopic (exact) mass is 310 g/mol. The Morgan fingerprint density at radius 3 is 2.57 bits per heavy atom. The summed E-state index contributed by atoms with van der Waals surface area (Å²) in [6.45, 7) is 0.769. The van der Waals surface area contributed by atoms with Crippen LogP contribution in [-0.4, -0.2) is 19.4 Å². The molecule has 0 radical (unpaired) electrons. The number of carbonyl (C=O) groups excluding carboxylic acids is 1. The standard InChI is InChI=1S/C19H18O4/c20-19-16(9-13-4-2-1-3-5-13)15(11-21-19)8-14-6-7-17-18(10-14)23-12-22-17/h1-7,10,15-16H,8-9,11-12H2/t15?,16-/m1/s1. The van der Waals surface area contributed by atoms with Crippen molar-refractivity contribution in [2.75, 3.05) is 13.4 Å². The van der Waals surface area contributed by atoms with Crippen LogP contribution in [0.1, 0.15) is 11.1 Å². The Morgan fingerprint density at radius 2 is 1.70 bits per heavy atom. The summed E-state index contributed by atoms with van der Waals surface area (Å²) in [5.74, 6) is 1.60. The van der Waals surface area contributed by atoms with Crippen molar-refractivity contribution in [2.24, 2.45) is 11.8 Å². The van der Waals surface area contributed by atoms with Gasteiger partial charge in [-0.05, 0) is 36.1 Å². The molecule has 2 atom stereocenters. The van der Waals surface area contributed by atoms with Crippen LogP contribution < -0.4 is 9.47 Å². The van der Waals surface area contributed by atoms with Crippen LogP contribution in [0.25, 0.3) is 0 Å². The molecule has 0 saturated carbocycles. The van der Waals surface area contributed by atoms with Gasteiger partial charge in [0.25, 0.3) is 0 Å². The first-order valence-corrected chi connectivity index (χ1v) is 7.89. The molecule has 4 rings (SSSR count). The van der Waals surface area contributed by atoms with Gasteiger partial charge in [-0.1, -0.05) is 36.4 Å². The molecular formula is C19H18O4. The van der Waals surface area contributed by atoms with Crippen LogP contribution in [0.3, 0.4) is 0 Å². The molecule has 2 aromatic rings. The van der Waals surface area contributed by atoms with Crippen LogP contribution in [0.2, 0.25) is 0 Å². The summed E-state index contributed by atoms with van der Waals surface area (Å²) in [6, 6.07) is 16.1. The molecule has 2 heterocycles. The van der Waals surface area contributed by atoms with Crippen molar-refractivity contribution in [1.29, 1.82) is 0 Å². The molecule has 0 amide bonds. The molecule has 1 unspecified atom stereocenters. The fourth-order valence-electron chi connectivity index (χ4n) is 3.29. The molecule has 4 heteroatoms. The van der Waals surface area contributed by atoms with Crippen LogP contribution in [-0.2, 0) is 22.4 Å². The summed E-state index contributed by atoms with van der Waals surface area (Å²) in [4.78, 5) is 12.1. The zero-order chi connectivity index (χ0) is 15.6. The minimum atomic E-state index is -0.0837. The number of rotatable bonds is 4. The van der Waals surface area contributed by atoms with Crippen LogP contribution in [0, 0.1) is 11.8 Å². The third kappa shape index (κ3) is 2.89. The summed E-state index contributed by atoms with van der Waals surface area (Å²) >= 11 is 0. The third-order valence-corrected chi connectivity index (χ3v) is 4.54. The van der Waals surface area contributed by atoms with E-state index in [4.69, 9.17) is 14.2 Å². The maximum absolute atomic E-state index is 12.1. The average molecular weight is 310 g/mol. The molecule has 2 aromatic carbocycles. The van der Waals surface area contributed by atoms with Crippen LogP contribution in [0.4, 0.5) is 0 Å². The average Bonchev–Trinajstić information content (AvgIpc) is 3.17. The molecule has 2 aliphatic heterocycles. The Labute approximate surface area is 135 Å². The second-order valence-corrected chi connectivity index (χ2v) is 6.08. The van der Waals surface area contributed by atoms with Gasteiger partial charge in [0.05, 0.1) is 12.5 Å². The quantitative estimate of drug-likeness (QED) is 0.814. The Morgan fingerprint density at radius 1 is 0.870 bits per heavy atom. The molecule has 23 heavy (non-hydrogen) atoms. The highest BCUT2D eigenvalue weighted by Crippen LogP contribution is 2.35. The number of cyclic esters (lactones) is 1. The fourth-order valence-corrected chi connectivity index (χ4v) is 3.29. The molecule has 4 nitrogen and oxygen atoms in total. The van der Waals surface area contributed by atoms with Gasteiger partial charge in [-0.15, -0.1) is 0 Å². The van der Waals surface area contributed by atoms with E-state index in [1.165, 1.54) is 5.56 Å². The molecule has 1 saturated heterocycles. The van der Waals surface area contributed by atoms with E-state index in [-0.39, 0.29) is 24.6 Å². The molecule has 0 aliphatic carbocycles.